The van der Waals surface area contributed by atoms with Crippen LogP contribution in [0.4, 0.5) is 0 Å². The summed E-state index contributed by atoms with van der Waals surface area (Å²) in [6.45, 7) is 14.3. The zero-order valence-electron chi connectivity index (χ0n) is 44.9. The number of rotatable bonds is 28. The summed E-state index contributed by atoms with van der Waals surface area (Å²) >= 11 is 0. The number of ether oxygens (including phenoxy) is 8. The summed E-state index contributed by atoms with van der Waals surface area (Å²) in [7, 11) is 0. The van der Waals surface area contributed by atoms with E-state index in [0.29, 0.717) is 72.3 Å². The van der Waals surface area contributed by atoms with E-state index in [2.05, 4.69) is 9.97 Å². The van der Waals surface area contributed by atoms with Gasteiger partial charge in [0.15, 0.2) is 0 Å². The van der Waals surface area contributed by atoms with Gasteiger partial charge in [0.25, 0.3) is 0 Å². The van der Waals surface area contributed by atoms with Gasteiger partial charge in [-0.3, -0.25) is 38.4 Å². The van der Waals surface area contributed by atoms with Crippen molar-refractivity contribution < 1.29 is 76.3 Å². The molecule has 20 nitrogen and oxygen atoms in total. The molecular weight excluding hydrogens is 985 g/mol. The summed E-state index contributed by atoms with van der Waals surface area (Å²) in [5.74, 6) is -4.33. The third-order valence-corrected chi connectivity index (χ3v) is 12.2. The van der Waals surface area contributed by atoms with Gasteiger partial charge in [0.05, 0.1) is 101 Å². The highest BCUT2D eigenvalue weighted by Gasteiger charge is 2.29. The molecule has 410 valence electrons. The second-order valence-corrected chi connectivity index (χ2v) is 17.2. The van der Waals surface area contributed by atoms with E-state index < -0.39 is 47.8 Å². The van der Waals surface area contributed by atoms with E-state index in [-0.39, 0.29) is 147 Å². The molecule has 0 radical (unpaired) electrons. The summed E-state index contributed by atoms with van der Waals surface area (Å²) in [4.78, 5) is 124. The molecule has 5 heterocycles. The Hall–Kier alpha value is -7.64. The molecule has 0 aliphatic carbocycles. The molecule has 2 N–H and O–H groups in total. The molecule has 0 saturated carbocycles. The quantitative estimate of drug-likeness (QED) is 0.0516. The Kier molecular flexibility index (Phi) is 23.0. The van der Waals surface area contributed by atoms with Crippen LogP contribution in [0.5, 0.6) is 0 Å². The zero-order valence-corrected chi connectivity index (χ0v) is 44.9. The fourth-order valence-electron chi connectivity index (χ4n) is 9.10. The highest BCUT2D eigenvalue weighted by atomic mass is 16.6. The lowest BCUT2D eigenvalue weighted by atomic mass is 9.95. The number of carbonyl (C=O) groups excluding carboxylic acids is 8. The number of carbonyl (C=O) groups is 8. The molecule has 2 aliphatic heterocycles. The fourth-order valence-corrected chi connectivity index (χ4v) is 9.10. The molecule has 0 fully saturated rings. The van der Waals surface area contributed by atoms with Crippen molar-refractivity contribution in [2.75, 3.05) is 52.9 Å². The number of aryl methyl sites for hydroxylation is 2. The van der Waals surface area contributed by atoms with Crippen LogP contribution in [0.3, 0.4) is 0 Å². The molecular formula is C56H70N4O16. The van der Waals surface area contributed by atoms with E-state index in [1.807, 2.05) is 0 Å². The third-order valence-electron chi connectivity index (χ3n) is 12.2. The van der Waals surface area contributed by atoms with Gasteiger partial charge >= 0.3 is 47.8 Å². The van der Waals surface area contributed by atoms with Crippen molar-refractivity contribution in [3.05, 3.63) is 69.3 Å². The minimum atomic E-state index is -0.592. The zero-order chi connectivity index (χ0) is 55.3. The van der Waals surface area contributed by atoms with Crippen molar-refractivity contribution >= 4 is 92.1 Å². The molecule has 76 heavy (non-hydrogen) atoms. The van der Waals surface area contributed by atoms with Gasteiger partial charge in [-0.05, 0) is 150 Å². The van der Waals surface area contributed by atoms with E-state index in [1.54, 1.807) is 79.7 Å². The lowest BCUT2D eigenvalue weighted by Crippen LogP contribution is -2.10. The smallest absolute Gasteiger partial charge is 0.310 e. The molecule has 8 bridgehead atoms. The van der Waals surface area contributed by atoms with Crippen LogP contribution in [-0.2, 0) is 102 Å². The first-order chi connectivity index (χ1) is 36.6. The van der Waals surface area contributed by atoms with Crippen molar-refractivity contribution in [3.8, 4) is 0 Å². The maximum atomic E-state index is 13.6. The van der Waals surface area contributed by atoms with Crippen molar-refractivity contribution in [2.24, 2.45) is 0 Å². The summed E-state index contributed by atoms with van der Waals surface area (Å²) < 4.78 is 43.3. The van der Waals surface area contributed by atoms with Gasteiger partial charge in [-0.2, -0.15) is 0 Å². The van der Waals surface area contributed by atoms with Crippen LogP contribution < -0.4 is 0 Å². The van der Waals surface area contributed by atoms with Crippen LogP contribution in [-0.4, -0.2) is 121 Å². The number of aromatic nitrogens is 4. The number of H-pyrrole nitrogens is 2. The Morgan fingerprint density at radius 1 is 0.316 bits per heavy atom. The van der Waals surface area contributed by atoms with Crippen LogP contribution >= 0.6 is 0 Å². The number of hydrogen-bond acceptors (Lipinski definition) is 18. The van der Waals surface area contributed by atoms with Crippen molar-refractivity contribution in [1.82, 2.24) is 19.9 Å². The molecule has 3 aromatic heterocycles. The van der Waals surface area contributed by atoms with Gasteiger partial charge in [0, 0.05) is 47.8 Å². The highest BCUT2D eigenvalue weighted by Crippen LogP contribution is 2.41. The van der Waals surface area contributed by atoms with E-state index in [0.717, 1.165) is 0 Å². The molecule has 0 unspecified atom stereocenters. The summed E-state index contributed by atoms with van der Waals surface area (Å²) in [5.41, 5.74) is 6.28. The monoisotopic (exact) mass is 1050 g/mol. The van der Waals surface area contributed by atoms with E-state index in [4.69, 9.17) is 47.9 Å². The van der Waals surface area contributed by atoms with Crippen LogP contribution in [0.1, 0.15) is 152 Å². The molecule has 5 rings (SSSR count). The largest absolute Gasteiger partial charge is 0.466 e. The predicted octanol–water partition coefficient (Wildman–Crippen LogP) is 7.93. The first kappa shape index (κ1) is 59.2. The summed E-state index contributed by atoms with van der Waals surface area (Å²) in [6, 6.07) is 6.75. The molecule has 20 heteroatoms. The summed E-state index contributed by atoms with van der Waals surface area (Å²) in [5, 5.41) is 0. The number of fused-ring (bicyclic) bond motifs is 8. The Bertz CT molecular complexity index is 2890. The lowest BCUT2D eigenvalue weighted by molar-refractivity contribution is -0.144. The predicted molar refractivity (Wildman–Crippen MR) is 279 cm³/mol. The SMILES string of the molecule is CCOC(=O)CCC1=C(CC(=O)OCC)c2cc3nc(cc4[nH]c(cc5[nH]c(cc1n2)c(CC(=O)OCC)c5CCC(=O)OCC)c(CCC(=O)OCC)c4CC(=O)OCC)C(CC(=O)OCC)=C3CCC(=O)OCC. The average molecular weight is 1060 g/mol. The molecule has 0 amide bonds. The number of nitrogens with one attached hydrogen (secondary N) is 2. The first-order valence-electron chi connectivity index (χ1n) is 26.1. The standard InChI is InChI=1S/C56H70N4O16/c1-9-69-49(61)21-17-33-37(25-53(65)73-13-5)45-30-43-35(19-23-51(63)71-11-3)38(26-54(66)74-14-6)46(59-43)31-44-36(20-24-52(64)72-12-4)40(28-56(68)76-16-8)48(60-44)32-47-39(27-55(67)75-15-7)34(18-22-50(62)70-10-2)42(58-47)29-41(33)57-45/h29-32,57-58H,9-28H2,1-8H3. The lowest BCUT2D eigenvalue weighted by Gasteiger charge is -2.10. The van der Waals surface area contributed by atoms with Crippen LogP contribution in [0.15, 0.2) is 24.3 Å². The van der Waals surface area contributed by atoms with Crippen molar-refractivity contribution in [1.29, 1.82) is 0 Å². The highest BCUT2D eigenvalue weighted by molar-refractivity contribution is 6.03. The molecule has 0 aromatic carbocycles. The average Bonchev–Trinajstić information content (AvgIpc) is 4.06. The first-order valence-corrected chi connectivity index (χ1v) is 26.1. The normalized spacial score (nSPS) is 12.0. The molecule has 2 aliphatic rings. The molecule has 0 spiro atoms. The Labute approximate surface area is 441 Å². The minimum Gasteiger partial charge on any atom is -0.466 e. The maximum absolute atomic E-state index is 13.6. The third kappa shape index (κ3) is 16.2. The van der Waals surface area contributed by atoms with Gasteiger partial charge in [-0.15, -0.1) is 0 Å². The van der Waals surface area contributed by atoms with Gasteiger partial charge in [-0.25, -0.2) is 9.97 Å². The number of nitrogens with zero attached hydrogens (tertiary/aromatic N) is 2. The number of esters is 8. The van der Waals surface area contributed by atoms with E-state index in [1.165, 1.54) is 0 Å². The van der Waals surface area contributed by atoms with Crippen LogP contribution in [0.2, 0.25) is 0 Å². The van der Waals surface area contributed by atoms with E-state index >= 15 is 0 Å². The fraction of sp³-hybridized carbons (Fsp3) is 0.500. The Morgan fingerprint density at radius 3 is 0.921 bits per heavy atom. The van der Waals surface area contributed by atoms with Gasteiger partial charge < -0.3 is 47.9 Å². The molecule has 3 aromatic rings. The Balaban J connectivity index is 2.11. The number of hydrogen-bond donors (Lipinski definition) is 2. The van der Waals surface area contributed by atoms with Gasteiger partial charge in [-0.1, -0.05) is 0 Å². The number of allylic oxidation sites excluding steroid dienone is 2. The van der Waals surface area contributed by atoms with Gasteiger partial charge in [0.1, 0.15) is 0 Å². The second-order valence-electron chi connectivity index (χ2n) is 17.2. The number of aromatic amines is 2. The second kappa shape index (κ2) is 29.5. The molecule has 0 saturated heterocycles. The van der Waals surface area contributed by atoms with E-state index in [9.17, 15) is 38.4 Å². The van der Waals surface area contributed by atoms with Crippen molar-refractivity contribution in [2.45, 2.75) is 132 Å². The maximum Gasteiger partial charge on any atom is 0.310 e. The van der Waals surface area contributed by atoms with Crippen LogP contribution in [0.25, 0.3) is 44.4 Å². The Morgan fingerprint density at radius 2 is 0.579 bits per heavy atom. The van der Waals surface area contributed by atoms with Gasteiger partial charge in [0.2, 0.25) is 0 Å². The van der Waals surface area contributed by atoms with Crippen molar-refractivity contribution in [3.63, 3.8) is 0 Å². The molecule has 0 atom stereocenters. The topological polar surface area (TPSA) is 268 Å². The minimum absolute atomic E-state index is 0.0316. The summed E-state index contributed by atoms with van der Waals surface area (Å²) in [6.07, 6.45) is -1.35. The van der Waals surface area contributed by atoms with Crippen LogP contribution in [0, 0.1) is 0 Å².